The molecule has 4 nitrogen and oxygen atoms in total. The van der Waals surface area contributed by atoms with Gasteiger partial charge in [0.05, 0.1) is 16.2 Å². The summed E-state index contributed by atoms with van der Waals surface area (Å²) >= 11 is 0. The number of hydrogen-bond acceptors (Lipinski definition) is 3. The first-order chi connectivity index (χ1) is 10.2. The Kier molecular flexibility index (Phi) is 3.66. The summed E-state index contributed by atoms with van der Waals surface area (Å²) in [6, 6.07) is 16.6. The van der Waals surface area contributed by atoms with Gasteiger partial charge in [0.25, 0.3) is 0 Å². The van der Waals surface area contributed by atoms with Crippen LogP contribution in [-0.2, 0) is 16.6 Å². The van der Waals surface area contributed by atoms with E-state index in [9.17, 15) is 9.42 Å². The first kappa shape index (κ1) is 13.7. The van der Waals surface area contributed by atoms with Crippen molar-refractivity contribution in [3.63, 3.8) is 0 Å². The molecule has 106 valence electrons. The molecule has 1 unspecified atom stereocenters. The molecule has 2 aromatic carbocycles. The van der Waals surface area contributed by atoms with Gasteiger partial charge in [0.15, 0.2) is 5.52 Å². The van der Waals surface area contributed by atoms with Crippen LogP contribution in [0.4, 0.5) is 0 Å². The molecule has 0 bridgehead atoms. The number of aromatic nitrogens is 2. The Bertz CT molecular complexity index is 819. The third kappa shape index (κ3) is 2.64. The molecule has 1 atom stereocenters. The smallest absolute Gasteiger partial charge is 0.315 e. The van der Waals surface area contributed by atoms with Gasteiger partial charge in [-0.25, -0.2) is 4.73 Å². The van der Waals surface area contributed by atoms with Crippen molar-refractivity contribution in [3.8, 4) is 0 Å². The Balaban J connectivity index is 2.01. The predicted molar refractivity (Wildman–Crippen MR) is 82.0 cm³/mol. The van der Waals surface area contributed by atoms with Crippen LogP contribution in [0.15, 0.2) is 59.5 Å². The number of nitrogens with zero attached hydrogens (tertiary/aromatic N) is 2. The van der Waals surface area contributed by atoms with Crippen LogP contribution < -0.4 is 4.73 Å². The molecule has 0 spiro atoms. The van der Waals surface area contributed by atoms with Crippen LogP contribution in [0.25, 0.3) is 10.9 Å². The summed E-state index contributed by atoms with van der Waals surface area (Å²) in [5, 5.41) is 13.1. The number of para-hydroxylation sites is 1. The van der Waals surface area contributed by atoms with E-state index in [1.807, 2.05) is 42.5 Å². The van der Waals surface area contributed by atoms with Gasteiger partial charge in [-0.2, -0.15) is 0 Å². The molecule has 3 aromatic rings. The largest absolute Gasteiger partial charge is 0.711 e. The van der Waals surface area contributed by atoms with Crippen molar-refractivity contribution in [3.05, 3.63) is 71.3 Å². The lowest BCUT2D eigenvalue weighted by atomic mass is 10.2. The van der Waals surface area contributed by atoms with Crippen LogP contribution in [0.5, 0.6) is 0 Å². The zero-order chi connectivity index (χ0) is 14.8. The molecule has 0 saturated carbocycles. The Morgan fingerprint density at radius 3 is 2.52 bits per heavy atom. The van der Waals surface area contributed by atoms with Crippen LogP contribution in [0.2, 0.25) is 0 Å². The third-order valence-corrected chi connectivity index (χ3v) is 4.67. The molecule has 1 aromatic heterocycles. The average Bonchev–Trinajstić information content (AvgIpc) is 2.53. The predicted octanol–water partition coefficient (Wildman–Crippen LogP) is 2.48. The summed E-state index contributed by atoms with van der Waals surface area (Å²) in [6.07, 6.45) is 0. The van der Waals surface area contributed by atoms with Crippen molar-refractivity contribution in [1.82, 2.24) is 4.98 Å². The first-order valence-corrected chi connectivity index (χ1v) is 7.90. The minimum Gasteiger partial charge on any atom is -0.711 e. The van der Waals surface area contributed by atoms with Crippen molar-refractivity contribution < 1.29 is 8.94 Å². The molecule has 3 rings (SSSR count). The topological polar surface area (TPSA) is 56.9 Å². The summed E-state index contributed by atoms with van der Waals surface area (Å²) in [5.74, 6) is 0.396. The summed E-state index contributed by atoms with van der Waals surface area (Å²) in [6.45, 7) is 1.76. The number of fused-ring (bicyclic) bond motifs is 1. The van der Waals surface area contributed by atoms with E-state index in [1.165, 1.54) is 0 Å². The van der Waals surface area contributed by atoms with Crippen molar-refractivity contribution >= 4 is 21.7 Å². The zero-order valence-corrected chi connectivity index (χ0v) is 12.3. The molecule has 0 fully saturated rings. The lowest BCUT2D eigenvalue weighted by Crippen LogP contribution is -2.37. The van der Waals surface area contributed by atoms with Gasteiger partial charge < -0.3 is 5.21 Å². The van der Waals surface area contributed by atoms with Crippen molar-refractivity contribution in [2.24, 2.45) is 0 Å². The van der Waals surface area contributed by atoms with E-state index in [1.54, 1.807) is 19.1 Å². The minimum atomic E-state index is -1.28. The molecule has 0 aliphatic carbocycles. The van der Waals surface area contributed by atoms with E-state index < -0.39 is 10.8 Å². The second-order valence-electron chi connectivity index (χ2n) is 4.73. The number of rotatable bonds is 3. The van der Waals surface area contributed by atoms with E-state index in [0.717, 1.165) is 15.6 Å². The van der Waals surface area contributed by atoms with Crippen LogP contribution in [0.3, 0.4) is 0 Å². The number of hydrogen-bond donors (Lipinski definition) is 0. The summed E-state index contributed by atoms with van der Waals surface area (Å²) in [7, 11) is -1.28. The van der Waals surface area contributed by atoms with Gasteiger partial charge in [-0.3, -0.25) is 4.21 Å². The molecule has 0 saturated heterocycles. The molecule has 5 heteroatoms. The molecule has 0 amide bonds. The highest BCUT2D eigenvalue weighted by Gasteiger charge is 2.18. The Labute approximate surface area is 125 Å². The van der Waals surface area contributed by atoms with Crippen molar-refractivity contribution in [2.75, 3.05) is 0 Å². The molecule has 21 heavy (non-hydrogen) atoms. The Morgan fingerprint density at radius 1 is 1.10 bits per heavy atom. The quantitative estimate of drug-likeness (QED) is 0.551. The molecule has 0 radical (unpaired) electrons. The van der Waals surface area contributed by atoms with Gasteiger partial charge in [-0.15, -0.1) is 0 Å². The number of aryl methyl sites for hydroxylation is 1. The van der Waals surface area contributed by atoms with E-state index in [0.29, 0.717) is 10.6 Å². The highest BCUT2D eigenvalue weighted by molar-refractivity contribution is 7.84. The van der Waals surface area contributed by atoms with Gasteiger partial charge >= 0.3 is 5.82 Å². The molecule has 0 aliphatic rings. The maximum absolute atomic E-state index is 12.3. The normalized spacial score (nSPS) is 12.4. The van der Waals surface area contributed by atoms with Gasteiger partial charge in [-0.05, 0) is 36.2 Å². The minimum absolute atomic E-state index is 0.110. The van der Waals surface area contributed by atoms with Crippen LogP contribution in [-0.4, -0.2) is 9.19 Å². The third-order valence-electron chi connectivity index (χ3n) is 3.35. The second kappa shape index (κ2) is 5.61. The maximum atomic E-state index is 12.3. The fraction of sp³-hybridized carbons (Fsp3) is 0.125. The van der Waals surface area contributed by atoms with Crippen molar-refractivity contribution in [1.29, 1.82) is 0 Å². The highest BCUT2D eigenvalue weighted by atomic mass is 32.2. The van der Waals surface area contributed by atoms with E-state index in [2.05, 4.69) is 4.98 Å². The van der Waals surface area contributed by atoms with E-state index >= 15 is 0 Å². The fourth-order valence-electron chi connectivity index (χ4n) is 2.23. The second-order valence-corrected chi connectivity index (χ2v) is 6.18. The van der Waals surface area contributed by atoms with E-state index in [-0.39, 0.29) is 11.6 Å². The monoisotopic (exact) mass is 298 g/mol. The standard InChI is InChI=1S/C16H14N2O2S/c1-12-14-9-5-6-10-15(14)17-16(18(12)19)11-21(20)13-7-3-2-4-8-13/h2-10H,11H2,1H3. The lowest BCUT2D eigenvalue weighted by molar-refractivity contribution is -0.621. The molecule has 0 N–H and O–H groups in total. The van der Waals surface area contributed by atoms with Crippen molar-refractivity contribution in [2.45, 2.75) is 17.6 Å². The summed E-state index contributed by atoms with van der Waals surface area (Å²) in [5.41, 5.74) is 1.34. The molecular formula is C16H14N2O2S. The van der Waals surface area contributed by atoms with Crippen LogP contribution in [0.1, 0.15) is 11.5 Å². The van der Waals surface area contributed by atoms with E-state index in [4.69, 9.17) is 0 Å². The Morgan fingerprint density at radius 2 is 1.76 bits per heavy atom. The maximum Gasteiger partial charge on any atom is 0.315 e. The lowest BCUT2D eigenvalue weighted by Gasteiger charge is -2.11. The van der Waals surface area contributed by atoms with Gasteiger partial charge in [0.2, 0.25) is 0 Å². The molecular weight excluding hydrogens is 284 g/mol. The summed E-state index contributed by atoms with van der Waals surface area (Å²) in [4.78, 5) is 5.06. The fourth-order valence-corrected chi connectivity index (χ4v) is 3.27. The number of benzene rings is 2. The Hall–Kier alpha value is -2.27. The van der Waals surface area contributed by atoms with Crippen LogP contribution >= 0.6 is 0 Å². The van der Waals surface area contributed by atoms with Crippen LogP contribution in [0, 0.1) is 12.1 Å². The molecule has 0 aliphatic heterocycles. The molecule has 1 heterocycles. The SMILES string of the molecule is Cc1c2ccccc2nc(CS(=O)c2ccccc2)[n+]1[O-]. The van der Waals surface area contributed by atoms with Gasteiger partial charge in [0.1, 0.15) is 11.4 Å². The van der Waals surface area contributed by atoms with Gasteiger partial charge in [0, 0.05) is 4.90 Å². The first-order valence-electron chi connectivity index (χ1n) is 6.58. The highest BCUT2D eigenvalue weighted by Crippen LogP contribution is 2.15. The zero-order valence-electron chi connectivity index (χ0n) is 11.5. The van der Waals surface area contributed by atoms with Gasteiger partial charge in [-0.1, -0.05) is 30.3 Å². The summed E-state index contributed by atoms with van der Waals surface area (Å²) < 4.78 is 13.1. The average molecular weight is 298 g/mol.